The fourth-order valence-electron chi connectivity index (χ4n) is 3.19. The average molecular weight is 390 g/mol. The molecule has 1 amide bonds. The molecule has 144 valence electrons. The summed E-state index contributed by atoms with van der Waals surface area (Å²) in [6.07, 6.45) is 1.94. The second-order valence-corrected chi connectivity index (χ2v) is 8.75. The molecule has 1 aliphatic rings. The lowest BCUT2D eigenvalue weighted by Crippen LogP contribution is -2.38. The molecule has 0 atom stereocenters. The van der Waals surface area contributed by atoms with Gasteiger partial charge >= 0.3 is 0 Å². The third kappa shape index (κ3) is 4.66. The van der Waals surface area contributed by atoms with Gasteiger partial charge in [-0.3, -0.25) is 9.10 Å². The van der Waals surface area contributed by atoms with E-state index in [1.165, 1.54) is 10.4 Å². The highest BCUT2D eigenvalue weighted by Crippen LogP contribution is 2.29. The van der Waals surface area contributed by atoms with Crippen molar-refractivity contribution in [1.82, 2.24) is 0 Å². The number of nitrogens with zero attached hydrogens (tertiary/aromatic N) is 1. The number of sulfonamides is 1. The largest absolute Gasteiger partial charge is 0.326 e. The number of hydrogen-bond donors (Lipinski definition) is 1. The Balaban J connectivity index is 1.70. The van der Waals surface area contributed by atoms with Crippen molar-refractivity contribution in [3.63, 3.8) is 0 Å². The fourth-order valence-corrected chi connectivity index (χ4v) is 4.88. The molecule has 1 N–H and O–H groups in total. The van der Waals surface area contributed by atoms with Gasteiger partial charge in [0.05, 0.1) is 11.4 Å². The molecule has 5 nitrogen and oxygen atoms in total. The predicted octanol–water partition coefficient (Wildman–Crippen LogP) is 3.64. The second kappa shape index (κ2) is 8.08. The Morgan fingerprint density at radius 3 is 2.70 bits per heavy atom. The van der Waals surface area contributed by atoms with Crippen molar-refractivity contribution in [3.8, 4) is 0 Å². The highest BCUT2D eigenvalue weighted by atomic mass is 32.2. The van der Waals surface area contributed by atoms with E-state index in [4.69, 9.17) is 0 Å². The van der Waals surface area contributed by atoms with Crippen molar-refractivity contribution >= 4 is 27.3 Å². The van der Waals surface area contributed by atoms with Crippen molar-refractivity contribution < 1.29 is 17.6 Å². The van der Waals surface area contributed by atoms with Gasteiger partial charge in [0, 0.05) is 18.7 Å². The van der Waals surface area contributed by atoms with Crippen LogP contribution in [0.4, 0.5) is 15.8 Å². The number of rotatable bonds is 5. The lowest BCUT2D eigenvalue weighted by Gasteiger charge is -2.29. The quantitative estimate of drug-likeness (QED) is 0.848. The number of benzene rings is 2. The first-order chi connectivity index (χ1) is 12.9. The number of carbonyl (C=O) groups excluding carboxylic acids is 1. The van der Waals surface area contributed by atoms with Gasteiger partial charge in [0.1, 0.15) is 5.82 Å². The Morgan fingerprint density at radius 1 is 1.19 bits per heavy atom. The van der Waals surface area contributed by atoms with E-state index < -0.39 is 10.0 Å². The highest BCUT2D eigenvalue weighted by molar-refractivity contribution is 7.92. The normalized spacial score (nSPS) is 16.1. The minimum Gasteiger partial charge on any atom is -0.326 e. The maximum atomic E-state index is 13.6. The number of anilines is 2. The summed E-state index contributed by atoms with van der Waals surface area (Å²) in [5, 5.41) is 2.78. The monoisotopic (exact) mass is 390 g/mol. The van der Waals surface area contributed by atoms with Crippen LogP contribution in [-0.2, 0) is 21.2 Å². The van der Waals surface area contributed by atoms with Crippen LogP contribution in [0, 0.1) is 12.7 Å². The zero-order valence-corrected chi connectivity index (χ0v) is 16.1. The van der Waals surface area contributed by atoms with Gasteiger partial charge in [-0.1, -0.05) is 24.3 Å². The van der Waals surface area contributed by atoms with Gasteiger partial charge in [-0.2, -0.15) is 0 Å². The summed E-state index contributed by atoms with van der Waals surface area (Å²) >= 11 is 0. The zero-order valence-electron chi connectivity index (χ0n) is 15.2. The van der Waals surface area contributed by atoms with Crippen LogP contribution in [0.25, 0.3) is 0 Å². The van der Waals surface area contributed by atoms with Crippen molar-refractivity contribution in [2.24, 2.45) is 0 Å². The Kier molecular flexibility index (Phi) is 5.79. The molecule has 0 saturated carbocycles. The molecule has 7 heteroatoms. The topological polar surface area (TPSA) is 66.5 Å². The summed E-state index contributed by atoms with van der Waals surface area (Å²) in [6, 6.07) is 11.6. The third-order valence-corrected chi connectivity index (χ3v) is 6.55. The molecule has 1 saturated heterocycles. The van der Waals surface area contributed by atoms with Crippen LogP contribution >= 0.6 is 0 Å². The minimum atomic E-state index is -3.32. The zero-order chi connectivity index (χ0) is 19.4. The molecule has 0 aliphatic carbocycles. The van der Waals surface area contributed by atoms with E-state index in [0.717, 1.165) is 12.0 Å². The molecule has 27 heavy (non-hydrogen) atoms. The van der Waals surface area contributed by atoms with E-state index in [-0.39, 0.29) is 23.9 Å². The first-order valence-corrected chi connectivity index (χ1v) is 10.6. The van der Waals surface area contributed by atoms with Gasteiger partial charge in [-0.15, -0.1) is 0 Å². The van der Waals surface area contributed by atoms with E-state index in [2.05, 4.69) is 5.32 Å². The number of aryl methyl sites for hydroxylation is 2. The van der Waals surface area contributed by atoms with Crippen molar-refractivity contribution in [2.75, 3.05) is 21.9 Å². The Hall–Kier alpha value is -2.41. The van der Waals surface area contributed by atoms with Crippen LogP contribution in [0.2, 0.25) is 0 Å². The summed E-state index contributed by atoms with van der Waals surface area (Å²) in [6.45, 7) is 2.30. The van der Waals surface area contributed by atoms with E-state index in [1.807, 2.05) is 6.92 Å². The highest BCUT2D eigenvalue weighted by Gasteiger charge is 2.27. The van der Waals surface area contributed by atoms with Crippen LogP contribution in [0.5, 0.6) is 0 Å². The van der Waals surface area contributed by atoms with Crippen LogP contribution in [0.15, 0.2) is 42.5 Å². The SMILES string of the molecule is Cc1ccc(NC(=O)CCc2ccccc2F)cc1N1CCCCS1(=O)=O. The first-order valence-electron chi connectivity index (χ1n) is 9.01. The lowest BCUT2D eigenvalue weighted by atomic mass is 10.1. The first kappa shape index (κ1) is 19.4. The number of hydrogen-bond acceptors (Lipinski definition) is 3. The van der Waals surface area contributed by atoms with Crippen molar-refractivity contribution in [2.45, 2.75) is 32.6 Å². The van der Waals surface area contributed by atoms with Crippen molar-refractivity contribution in [1.29, 1.82) is 0 Å². The molecule has 1 aliphatic heterocycles. The van der Waals surface area contributed by atoms with Gasteiger partial charge in [0.2, 0.25) is 15.9 Å². The number of nitrogens with one attached hydrogen (secondary N) is 1. The summed E-state index contributed by atoms with van der Waals surface area (Å²) < 4.78 is 39.8. The summed E-state index contributed by atoms with van der Waals surface area (Å²) in [4.78, 5) is 12.2. The molecular formula is C20H23FN2O3S. The molecule has 2 aromatic rings. The van der Waals surface area contributed by atoms with Crippen LogP contribution in [-0.4, -0.2) is 26.6 Å². The maximum Gasteiger partial charge on any atom is 0.235 e. The van der Waals surface area contributed by atoms with Gasteiger partial charge < -0.3 is 5.32 Å². The third-order valence-electron chi connectivity index (χ3n) is 4.69. The molecule has 0 bridgehead atoms. The Bertz CT molecular complexity index is 944. The number of carbonyl (C=O) groups is 1. The standard InChI is InChI=1S/C20H23FN2O3S/c1-15-8-10-17(14-19(15)23-12-4-5-13-27(23,25)26)22-20(24)11-9-16-6-2-3-7-18(16)21/h2-3,6-8,10,14H,4-5,9,11-13H2,1H3,(H,22,24). The second-order valence-electron chi connectivity index (χ2n) is 6.74. The molecule has 1 heterocycles. The summed E-state index contributed by atoms with van der Waals surface area (Å²) in [5.74, 6) is -0.418. The van der Waals surface area contributed by atoms with E-state index in [0.29, 0.717) is 36.3 Å². The fraction of sp³-hybridized carbons (Fsp3) is 0.350. The molecule has 0 aromatic heterocycles. The lowest BCUT2D eigenvalue weighted by molar-refractivity contribution is -0.116. The van der Waals surface area contributed by atoms with E-state index >= 15 is 0 Å². The molecule has 0 unspecified atom stereocenters. The van der Waals surface area contributed by atoms with E-state index in [1.54, 1.807) is 36.4 Å². The molecule has 3 rings (SSSR count). The van der Waals surface area contributed by atoms with Gasteiger partial charge in [0.15, 0.2) is 0 Å². The number of amides is 1. The van der Waals surface area contributed by atoms with E-state index in [9.17, 15) is 17.6 Å². The molecular weight excluding hydrogens is 367 g/mol. The summed E-state index contributed by atoms with van der Waals surface area (Å²) in [5.41, 5.74) is 2.47. The molecule has 0 spiro atoms. The maximum absolute atomic E-state index is 13.6. The predicted molar refractivity (Wildman–Crippen MR) is 105 cm³/mol. The van der Waals surface area contributed by atoms with Crippen LogP contribution in [0.1, 0.15) is 30.4 Å². The minimum absolute atomic E-state index is 0.145. The van der Waals surface area contributed by atoms with Gasteiger partial charge in [0.25, 0.3) is 0 Å². The van der Waals surface area contributed by atoms with Gasteiger partial charge in [-0.05, 0) is 55.5 Å². The molecule has 1 fully saturated rings. The smallest absolute Gasteiger partial charge is 0.235 e. The average Bonchev–Trinajstić information content (AvgIpc) is 2.63. The molecule has 0 radical (unpaired) electrons. The van der Waals surface area contributed by atoms with Gasteiger partial charge in [-0.25, -0.2) is 12.8 Å². The van der Waals surface area contributed by atoms with Crippen LogP contribution < -0.4 is 9.62 Å². The van der Waals surface area contributed by atoms with Crippen LogP contribution in [0.3, 0.4) is 0 Å². The Labute approximate surface area is 159 Å². The number of halogens is 1. The van der Waals surface area contributed by atoms with Crippen molar-refractivity contribution in [3.05, 3.63) is 59.4 Å². The molecule has 2 aromatic carbocycles. The Morgan fingerprint density at radius 2 is 1.96 bits per heavy atom. The summed E-state index contributed by atoms with van der Waals surface area (Å²) in [7, 11) is -3.32.